The van der Waals surface area contributed by atoms with E-state index >= 15 is 0 Å². The lowest BCUT2D eigenvalue weighted by molar-refractivity contribution is 0.394. The Kier molecular flexibility index (Phi) is 4.10. The summed E-state index contributed by atoms with van der Waals surface area (Å²) in [6.45, 7) is 4.95. The Bertz CT molecular complexity index is 817. The molecule has 0 aliphatic rings. The Morgan fingerprint density at radius 1 is 1.04 bits per heavy atom. The van der Waals surface area contributed by atoms with Crippen molar-refractivity contribution < 1.29 is 13.9 Å². The number of ether oxygens (including phenoxy) is 2. The molecule has 1 aromatic heterocycles. The number of rotatable bonds is 5. The average Bonchev–Trinajstić information content (AvgIpc) is 2.99. The normalized spacial score (nSPS) is 10.8. The van der Waals surface area contributed by atoms with Crippen LogP contribution < -0.4 is 14.8 Å². The smallest absolute Gasteiger partial charge is 0.227 e. The van der Waals surface area contributed by atoms with Crippen LogP contribution in [0, 0.1) is 6.92 Å². The molecule has 3 rings (SSSR count). The first-order valence-corrected chi connectivity index (χ1v) is 7.53. The number of aromatic nitrogens is 1. The topological polar surface area (TPSA) is 56.5 Å². The second-order valence-electron chi connectivity index (χ2n) is 5.29. The third-order valence-corrected chi connectivity index (χ3v) is 3.66. The van der Waals surface area contributed by atoms with E-state index in [1.54, 1.807) is 14.2 Å². The number of oxazole rings is 1. The summed E-state index contributed by atoms with van der Waals surface area (Å²) in [4.78, 5) is 4.62. The van der Waals surface area contributed by atoms with Crippen LogP contribution >= 0.6 is 0 Å². The number of methoxy groups -OCH3 is 2. The summed E-state index contributed by atoms with van der Waals surface area (Å²) >= 11 is 0. The molecule has 5 nitrogen and oxygen atoms in total. The Hall–Kier alpha value is -2.69. The van der Waals surface area contributed by atoms with Crippen LogP contribution in [0.2, 0.25) is 0 Å². The summed E-state index contributed by atoms with van der Waals surface area (Å²) in [7, 11) is 3.24. The molecule has 0 saturated heterocycles. The van der Waals surface area contributed by atoms with Gasteiger partial charge in [0.05, 0.1) is 14.2 Å². The minimum Gasteiger partial charge on any atom is -0.497 e. The lowest BCUT2D eigenvalue weighted by Crippen LogP contribution is -1.96. The van der Waals surface area contributed by atoms with Crippen LogP contribution in [0.3, 0.4) is 0 Å². The number of benzene rings is 2. The van der Waals surface area contributed by atoms with E-state index < -0.39 is 0 Å². The quantitative estimate of drug-likeness (QED) is 0.763. The molecule has 3 aromatic rings. The average molecular weight is 312 g/mol. The SMILES string of the molecule is CCNc1cc(C)c2oc(-c3cc(OC)cc(OC)c3)nc2c1. The lowest BCUT2D eigenvalue weighted by Gasteiger charge is -2.05. The van der Waals surface area contributed by atoms with E-state index in [0.29, 0.717) is 17.4 Å². The Balaban J connectivity index is 2.11. The molecule has 0 amide bonds. The van der Waals surface area contributed by atoms with E-state index in [1.165, 1.54) is 0 Å². The van der Waals surface area contributed by atoms with Crippen LogP contribution in [-0.4, -0.2) is 25.7 Å². The zero-order valence-corrected chi connectivity index (χ0v) is 13.8. The third kappa shape index (κ3) is 2.95. The Labute approximate surface area is 135 Å². The molecular weight excluding hydrogens is 292 g/mol. The maximum absolute atomic E-state index is 5.97. The molecule has 0 atom stereocenters. The molecular formula is C18H20N2O3. The van der Waals surface area contributed by atoms with Gasteiger partial charge in [-0.15, -0.1) is 0 Å². The molecule has 0 spiro atoms. The fourth-order valence-electron chi connectivity index (χ4n) is 2.56. The van der Waals surface area contributed by atoms with Crippen molar-refractivity contribution in [2.45, 2.75) is 13.8 Å². The summed E-state index contributed by atoms with van der Waals surface area (Å²) in [5.41, 5.74) is 4.54. The Morgan fingerprint density at radius 3 is 2.35 bits per heavy atom. The highest BCUT2D eigenvalue weighted by Gasteiger charge is 2.13. The molecule has 120 valence electrons. The highest BCUT2D eigenvalue weighted by Crippen LogP contribution is 2.33. The molecule has 0 fully saturated rings. The Morgan fingerprint density at radius 2 is 1.74 bits per heavy atom. The van der Waals surface area contributed by atoms with Gasteiger partial charge in [0.1, 0.15) is 17.0 Å². The number of nitrogens with zero attached hydrogens (tertiary/aromatic N) is 1. The molecule has 23 heavy (non-hydrogen) atoms. The van der Waals surface area contributed by atoms with Gasteiger partial charge in [-0.05, 0) is 43.7 Å². The van der Waals surface area contributed by atoms with E-state index in [0.717, 1.165) is 34.5 Å². The van der Waals surface area contributed by atoms with Gasteiger partial charge in [0.25, 0.3) is 0 Å². The number of anilines is 1. The summed E-state index contributed by atoms with van der Waals surface area (Å²) < 4.78 is 16.6. The van der Waals surface area contributed by atoms with Crippen molar-refractivity contribution >= 4 is 16.8 Å². The second-order valence-corrected chi connectivity index (χ2v) is 5.29. The highest BCUT2D eigenvalue weighted by molar-refractivity contribution is 5.83. The molecule has 0 aliphatic heterocycles. The highest BCUT2D eigenvalue weighted by atomic mass is 16.5. The number of fused-ring (bicyclic) bond motifs is 1. The fraction of sp³-hybridized carbons (Fsp3) is 0.278. The van der Waals surface area contributed by atoms with E-state index in [-0.39, 0.29) is 0 Å². The summed E-state index contributed by atoms with van der Waals surface area (Å²) in [5, 5.41) is 3.30. The lowest BCUT2D eigenvalue weighted by atomic mass is 10.2. The van der Waals surface area contributed by atoms with Crippen LogP contribution in [0.4, 0.5) is 5.69 Å². The van der Waals surface area contributed by atoms with Crippen LogP contribution in [0.15, 0.2) is 34.7 Å². The predicted octanol–water partition coefficient (Wildman–Crippen LogP) is 4.25. The van der Waals surface area contributed by atoms with Gasteiger partial charge < -0.3 is 19.2 Å². The maximum atomic E-state index is 5.97. The molecule has 1 heterocycles. The fourth-order valence-corrected chi connectivity index (χ4v) is 2.56. The molecule has 0 bridgehead atoms. The van der Waals surface area contributed by atoms with Crippen LogP contribution in [0.5, 0.6) is 11.5 Å². The van der Waals surface area contributed by atoms with Crippen LogP contribution in [-0.2, 0) is 0 Å². The van der Waals surface area contributed by atoms with Crippen molar-refractivity contribution in [1.82, 2.24) is 4.98 Å². The number of aryl methyl sites for hydroxylation is 1. The standard InChI is InChI=1S/C18H20N2O3/c1-5-19-13-6-11(2)17-16(9-13)20-18(23-17)12-7-14(21-3)10-15(8-12)22-4/h6-10,19H,5H2,1-4H3. The molecule has 5 heteroatoms. The first kappa shape index (κ1) is 15.2. The largest absolute Gasteiger partial charge is 0.497 e. The monoisotopic (exact) mass is 312 g/mol. The van der Waals surface area contributed by atoms with Crippen molar-refractivity contribution in [3.8, 4) is 23.0 Å². The van der Waals surface area contributed by atoms with Crippen molar-refractivity contribution in [2.75, 3.05) is 26.1 Å². The van der Waals surface area contributed by atoms with Crippen molar-refractivity contribution in [3.63, 3.8) is 0 Å². The van der Waals surface area contributed by atoms with Gasteiger partial charge in [-0.3, -0.25) is 0 Å². The first-order chi connectivity index (χ1) is 11.1. The molecule has 0 aliphatic carbocycles. The van der Waals surface area contributed by atoms with Gasteiger partial charge in [0, 0.05) is 23.9 Å². The number of hydrogen-bond donors (Lipinski definition) is 1. The minimum absolute atomic E-state index is 0.550. The van der Waals surface area contributed by atoms with Gasteiger partial charge in [-0.2, -0.15) is 0 Å². The van der Waals surface area contributed by atoms with Crippen molar-refractivity contribution in [1.29, 1.82) is 0 Å². The van der Waals surface area contributed by atoms with Crippen molar-refractivity contribution in [3.05, 3.63) is 35.9 Å². The molecule has 0 saturated carbocycles. The van der Waals surface area contributed by atoms with Crippen molar-refractivity contribution in [2.24, 2.45) is 0 Å². The van der Waals surface area contributed by atoms with Gasteiger partial charge in [-0.25, -0.2) is 4.98 Å². The van der Waals surface area contributed by atoms with Gasteiger partial charge in [0.15, 0.2) is 5.58 Å². The summed E-state index contributed by atoms with van der Waals surface area (Å²) in [5.74, 6) is 1.95. The third-order valence-electron chi connectivity index (χ3n) is 3.66. The zero-order chi connectivity index (χ0) is 16.4. The molecule has 1 N–H and O–H groups in total. The molecule has 2 aromatic carbocycles. The van der Waals surface area contributed by atoms with E-state index in [4.69, 9.17) is 13.9 Å². The van der Waals surface area contributed by atoms with Gasteiger partial charge in [0.2, 0.25) is 5.89 Å². The van der Waals surface area contributed by atoms with Gasteiger partial charge >= 0.3 is 0 Å². The van der Waals surface area contributed by atoms with E-state index in [1.807, 2.05) is 31.2 Å². The summed E-state index contributed by atoms with van der Waals surface area (Å²) in [6, 6.07) is 9.64. The first-order valence-electron chi connectivity index (χ1n) is 7.53. The second kappa shape index (κ2) is 6.20. The minimum atomic E-state index is 0.550. The van der Waals surface area contributed by atoms with Crippen LogP contribution in [0.25, 0.3) is 22.6 Å². The van der Waals surface area contributed by atoms with E-state index in [2.05, 4.69) is 23.3 Å². The maximum Gasteiger partial charge on any atom is 0.227 e. The van der Waals surface area contributed by atoms with Gasteiger partial charge in [-0.1, -0.05) is 0 Å². The predicted molar refractivity (Wildman–Crippen MR) is 91.4 cm³/mol. The van der Waals surface area contributed by atoms with Crippen LogP contribution in [0.1, 0.15) is 12.5 Å². The number of hydrogen-bond acceptors (Lipinski definition) is 5. The zero-order valence-electron chi connectivity index (χ0n) is 13.8. The summed E-state index contributed by atoms with van der Waals surface area (Å²) in [6.07, 6.45) is 0. The molecule has 0 unspecified atom stereocenters. The van der Waals surface area contributed by atoms with E-state index in [9.17, 15) is 0 Å². The molecule has 0 radical (unpaired) electrons. The number of nitrogens with one attached hydrogen (secondary N) is 1.